The zero-order chi connectivity index (χ0) is 12.1. The van der Waals surface area contributed by atoms with Crippen molar-refractivity contribution in [3.63, 3.8) is 0 Å². The first-order valence-electron chi connectivity index (χ1n) is 3.38. The Balaban J connectivity index is 0. The summed E-state index contributed by atoms with van der Waals surface area (Å²) in [4.78, 5) is 0.148. The van der Waals surface area contributed by atoms with Crippen LogP contribution in [0, 0.1) is 0 Å². The molecule has 7 nitrogen and oxygen atoms in total. The van der Waals surface area contributed by atoms with Crippen LogP contribution in [0.1, 0.15) is 0 Å². The Labute approximate surface area is 116 Å². The Bertz CT molecular complexity index is 489. The van der Waals surface area contributed by atoms with Gasteiger partial charge in [0.25, 0.3) is 0 Å². The average molecular weight is 279 g/mol. The van der Waals surface area contributed by atoms with Gasteiger partial charge in [0.1, 0.15) is 0 Å². The quantitative estimate of drug-likeness (QED) is 0.447. The van der Waals surface area contributed by atoms with Crippen molar-refractivity contribution < 1.29 is 25.9 Å². The van der Waals surface area contributed by atoms with Gasteiger partial charge in [0.2, 0.25) is 10.0 Å². The predicted molar refractivity (Wildman–Crippen MR) is 59.1 cm³/mol. The van der Waals surface area contributed by atoms with Crippen LogP contribution in [-0.4, -0.2) is 55.5 Å². The molecule has 1 aromatic rings. The van der Waals surface area contributed by atoms with Crippen LogP contribution >= 0.6 is 0 Å². The molecule has 0 saturated heterocycles. The number of sulfonamides is 1. The van der Waals surface area contributed by atoms with Crippen molar-refractivity contribution in [3.05, 3.63) is 30.3 Å². The van der Waals surface area contributed by atoms with E-state index in [2.05, 4.69) is 0 Å². The van der Waals surface area contributed by atoms with Crippen molar-refractivity contribution in [2.45, 2.75) is 4.90 Å². The van der Waals surface area contributed by atoms with E-state index < -0.39 is 20.4 Å². The van der Waals surface area contributed by atoms with Crippen LogP contribution < -0.4 is 5.14 Å². The van der Waals surface area contributed by atoms with Gasteiger partial charge in [0.05, 0.1) is 4.90 Å². The van der Waals surface area contributed by atoms with Crippen LogP contribution in [0.4, 0.5) is 0 Å². The molecule has 0 aliphatic rings. The molecule has 0 unspecified atom stereocenters. The molecule has 0 spiro atoms. The van der Waals surface area contributed by atoms with Crippen LogP contribution in [0.5, 0.6) is 0 Å². The molecule has 1 rings (SSSR count). The maximum atomic E-state index is 10.6. The molecule has 0 aromatic heterocycles. The van der Waals surface area contributed by atoms with E-state index in [9.17, 15) is 8.42 Å². The van der Waals surface area contributed by atoms with E-state index in [1.54, 1.807) is 18.2 Å². The van der Waals surface area contributed by atoms with Crippen molar-refractivity contribution in [1.29, 1.82) is 0 Å². The van der Waals surface area contributed by atoms with Gasteiger partial charge in [-0.1, -0.05) is 18.2 Å². The monoisotopic (exact) mass is 279 g/mol. The molecule has 0 heterocycles. The molecule has 0 radical (unpaired) electrons. The van der Waals surface area contributed by atoms with Crippen molar-refractivity contribution in [2.24, 2.45) is 5.14 Å². The molecule has 0 fully saturated rings. The zero-order valence-corrected chi connectivity index (χ0v) is 8.94. The summed E-state index contributed by atoms with van der Waals surface area (Å²) in [7, 11) is -8.17. The SMILES string of the molecule is NS(=O)(=O)c1ccccc1.O=S(=O)(O)O.[NaH]. The molecule has 0 saturated carbocycles. The van der Waals surface area contributed by atoms with E-state index in [4.69, 9.17) is 22.7 Å². The molecule has 0 aliphatic heterocycles. The Hall–Kier alpha value is -0.000000000000000222. The second-order valence-electron chi connectivity index (χ2n) is 2.31. The first-order chi connectivity index (χ1) is 6.61. The van der Waals surface area contributed by atoms with Crippen LogP contribution in [0.25, 0.3) is 0 Å². The Morgan fingerprint density at radius 1 is 0.938 bits per heavy atom. The zero-order valence-electron chi connectivity index (χ0n) is 7.31. The first-order valence-corrected chi connectivity index (χ1v) is 6.33. The molecule has 1 aromatic carbocycles. The normalized spacial score (nSPS) is 10.7. The van der Waals surface area contributed by atoms with E-state index >= 15 is 0 Å². The summed E-state index contributed by atoms with van der Waals surface area (Å²) in [5.41, 5.74) is 0. The third kappa shape index (κ3) is 12.1. The number of hydrogen-bond donors (Lipinski definition) is 3. The Kier molecular flexibility index (Phi) is 8.44. The van der Waals surface area contributed by atoms with Crippen LogP contribution in [-0.2, 0) is 20.4 Å². The number of rotatable bonds is 1. The first kappa shape index (κ1) is 18.4. The molecule has 16 heavy (non-hydrogen) atoms. The standard InChI is InChI=1S/C6H7NO2S.Na.H2O4S.H/c7-10(8,9)6-4-2-1-3-5-6;;1-5(2,3)4;/h1-5H,(H2,7,8,9);;(H2,1,2,3,4);. The minimum absolute atomic E-state index is 0. The van der Waals surface area contributed by atoms with Crippen LogP contribution in [0.3, 0.4) is 0 Å². The van der Waals surface area contributed by atoms with Gasteiger partial charge in [-0.3, -0.25) is 9.11 Å². The van der Waals surface area contributed by atoms with Crippen molar-refractivity contribution in [3.8, 4) is 0 Å². The molecule has 0 bridgehead atoms. The van der Waals surface area contributed by atoms with Crippen molar-refractivity contribution >= 4 is 50.0 Å². The number of primary sulfonamides is 1. The molecule has 88 valence electrons. The summed E-state index contributed by atoms with van der Waals surface area (Å²) >= 11 is 0. The van der Waals surface area contributed by atoms with Crippen LogP contribution in [0.15, 0.2) is 35.2 Å². The van der Waals surface area contributed by atoms with Gasteiger partial charge < -0.3 is 0 Å². The third-order valence-electron chi connectivity index (χ3n) is 1.07. The summed E-state index contributed by atoms with van der Waals surface area (Å²) in [6.07, 6.45) is 0. The Morgan fingerprint density at radius 3 is 1.44 bits per heavy atom. The van der Waals surface area contributed by atoms with E-state index in [0.29, 0.717) is 0 Å². The van der Waals surface area contributed by atoms with E-state index in [0.717, 1.165) is 0 Å². The summed E-state index contributed by atoms with van der Waals surface area (Å²) in [5.74, 6) is 0. The molecule has 0 amide bonds. The van der Waals surface area contributed by atoms with Crippen molar-refractivity contribution in [2.75, 3.05) is 0 Å². The number of nitrogens with two attached hydrogens (primary N) is 1. The molecular weight excluding hydrogens is 269 g/mol. The van der Waals surface area contributed by atoms with Gasteiger partial charge in [-0.25, -0.2) is 13.6 Å². The van der Waals surface area contributed by atoms with E-state index in [1.165, 1.54) is 12.1 Å². The number of benzene rings is 1. The molecule has 0 atom stereocenters. The second-order valence-corrected chi connectivity index (χ2v) is 4.76. The third-order valence-corrected chi connectivity index (χ3v) is 2.00. The summed E-state index contributed by atoms with van der Waals surface area (Å²) in [6.45, 7) is 0. The Morgan fingerprint density at radius 2 is 1.25 bits per heavy atom. The maximum absolute atomic E-state index is 10.6. The number of hydrogen-bond acceptors (Lipinski definition) is 4. The van der Waals surface area contributed by atoms with Gasteiger partial charge >= 0.3 is 40.0 Å². The second kappa shape index (κ2) is 7.35. The molecule has 4 N–H and O–H groups in total. The predicted octanol–water partition coefficient (Wildman–Crippen LogP) is -0.967. The fraction of sp³-hybridized carbons (Fsp3) is 0. The van der Waals surface area contributed by atoms with E-state index in [1.807, 2.05) is 0 Å². The van der Waals surface area contributed by atoms with Crippen molar-refractivity contribution in [1.82, 2.24) is 0 Å². The van der Waals surface area contributed by atoms with Gasteiger partial charge in [-0.2, -0.15) is 8.42 Å². The fourth-order valence-corrected chi connectivity index (χ4v) is 1.15. The topological polar surface area (TPSA) is 135 Å². The minimum atomic E-state index is -4.67. The average Bonchev–Trinajstić information content (AvgIpc) is 2.01. The fourth-order valence-electron chi connectivity index (χ4n) is 0.610. The van der Waals surface area contributed by atoms with Gasteiger partial charge in [-0.15, -0.1) is 0 Å². The van der Waals surface area contributed by atoms with Crippen LogP contribution in [0.2, 0.25) is 0 Å². The molecule has 0 aliphatic carbocycles. The molecule has 10 heteroatoms. The van der Waals surface area contributed by atoms with Gasteiger partial charge in [-0.05, 0) is 12.1 Å². The van der Waals surface area contributed by atoms with E-state index in [-0.39, 0.29) is 34.5 Å². The molecular formula is C6H10NNaO6S2. The van der Waals surface area contributed by atoms with Gasteiger partial charge in [0, 0.05) is 0 Å². The summed E-state index contributed by atoms with van der Waals surface area (Å²) in [6, 6.07) is 7.89. The summed E-state index contributed by atoms with van der Waals surface area (Å²) < 4.78 is 52.8. The van der Waals surface area contributed by atoms with Gasteiger partial charge in [0.15, 0.2) is 0 Å². The summed E-state index contributed by atoms with van der Waals surface area (Å²) in [5, 5.41) is 4.83.